The number of para-hydroxylation sites is 1. The van der Waals surface area contributed by atoms with Gasteiger partial charge in [-0.25, -0.2) is 8.42 Å². The van der Waals surface area contributed by atoms with Crippen molar-refractivity contribution in [3.63, 3.8) is 0 Å². The molecular formula is C25H18N2O4S3. The normalized spacial score (nSPS) is 18.1. The van der Waals surface area contributed by atoms with Crippen molar-refractivity contribution < 1.29 is 18.0 Å². The van der Waals surface area contributed by atoms with Crippen LogP contribution in [0.4, 0.5) is 5.69 Å². The lowest BCUT2D eigenvalue weighted by atomic mass is 10.1. The second kappa shape index (κ2) is 8.50. The molecule has 34 heavy (non-hydrogen) atoms. The summed E-state index contributed by atoms with van der Waals surface area (Å²) in [7, 11) is -4.19. The van der Waals surface area contributed by atoms with Crippen LogP contribution in [0.3, 0.4) is 0 Å². The molecular weight excluding hydrogens is 488 g/mol. The quantitative estimate of drug-likeness (QED) is 0.383. The van der Waals surface area contributed by atoms with Crippen molar-refractivity contribution in [3.05, 3.63) is 100 Å². The zero-order chi connectivity index (χ0) is 24.0. The average Bonchev–Trinajstić information content (AvgIpc) is 3.27. The fraction of sp³-hybridized carbons (Fsp3) is 0.0800. The molecule has 2 aliphatic heterocycles. The molecule has 0 saturated carbocycles. The van der Waals surface area contributed by atoms with Gasteiger partial charge >= 0.3 is 0 Å². The number of thiocarbonyl (C=S) groups is 1. The van der Waals surface area contributed by atoms with Gasteiger partial charge in [-0.15, -0.1) is 0 Å². The van der Waals surface area contributed by atoms with E-state index in [4.69, 9.17) is 12.2 Å². The Morgan fingerprint density at radius 3 is 2.21 bits per heavy atom. The summed E-state index contributed by atoms with van der Waals surface area (Å²) in [6.07, 6.45) is 0. The first-order valence-electron chi connectivity index (χ1n) is 10.4. The van der Waals surface area contributed by atoms with Gasteiger partial charge in [0.2, 0.25) is 0 Å². The van der Waals surface area contributed by atoms with Gasteiger partial charge < -0.3 is 0 Å². The molecule has 5 rings (SSSR count). The largest absolute Gasteiger partial charge is 0.288 e. The lowest BCUT2D eigenvalue weighted by molar-refractivity contribution is -0.122. The van der Waals surface area contributed by atoms with Crippen molar-refractivity contribution >= 4 is 61.4 Å². The second-order valence-corrected chi connectivity index (χ2v) is 11.3. The van der Waals surface area contributed by atoms with Gasteiger partial charge in [-0.05, 0) is 30.7 Å². The molecule has 0 aliphatic carbocycles. The third-order valence-corrected chi connectivity index (χ3v) is 8.77. The topological polar surface area (TPSA) is 74.8 Å². The monoisotopic (exact) mass is 506 g/mol. The number of benzene rings is 3. The molecule has 170 valence electrons. The van der Waals surface area contributed by atoms with Gasteiger partial charge in [-0.3, -0.25) is 14.5 Å². The average molecular weight is 507 g/mol. The highest BCUT2D eigenvalue weighted by molar-refractivity contribution is 8.26. The second-order valence-electron chi connectivity index (χ2n) is 7.85. The summed E-state index contributed by atoms with van der Waals surface area (Å²) in [6, 6.07) is 22.3. The van der Waals surface area contributed by atoms with E-state index in [1.54, 1.807) is 36.4 Å². The fourth-order valence-electron chi connectivity index (χ4n) is 3.91. The van der Waals surface area contributed by atoms with E-state index in [1.807, 2.05) is 37.3 Å². The highest BCUT2D eigenvalue weighted by Crippen LogP contribution is 2.46. The van der Waals surface area contributed by atoms with E-state index in [2.05, 4.69) is 0 Å². The number of amides is 2. The van der Waals surface area contributed by atoms with E-state index in [1.165, 1.54) is 17.0 Å². The Labute approximate surface area is 206 Å². The maximum atomic E-state index is 13.6. The third-order valence-electron chi connectivity index (χ3n) is 5.61. The number of sulfonamides is 1. The summed E-state index contributed by atoms with van der Waals surface area (Å²) < 4.78 is 28.1. The van der Waals surface area contributed by atoms with Crippen molar-refractivity contribution in [3.8, 4) is 0 Å². The van der Waals surface area contributed by atoms with Crippen molar-refractivity contribution in [1.82, 2.24) is 4.90 Å². The highest BCUT2D eigenvalue weighted by atomic mass is 32.2. The van der Waals surface area contributed by atoms with Gasteiger partial charge in [-0.1, -0.05) is 90.2 Å². The molecule has 2 amide bonds. The molecule has 1 saturated heterocycles. The summed E-state index contributed by atoms with van der Waals surface area (Å²) in [5.74, 6) is -1.17. The van der Waals surface area contributed by atoms with Gasteiger partial charge in [0.05, 0.1) is 27.6 Å². The Bertz CT molecular complexity index is 1480. The van der Waals surface area contributed by atoms with Crippen LogP contribution in [0, 0.1) is 6.92 Å². The maximum Gasteiger partial charge on any atom is 0.274 e. The summed E-state index contributed by atoms with van der Waals surface area (Å²) in [4.78, 5) is 28.6. The Kier molecular flexibility index (Phi) is 5.63. The van der Waals surface area contributed by atoms with Crippen molar-refractivity contribution in [2.75, 3.05) is 4.31 Å². The Morgan fingerprint density at radius 2 is 1.50 bits per heavy atom. The predicted octanol–water partition coefficient (Wildman–Crippen LogP) is 4.50. The van der Waals surface area contributed by atoms with Gasteiger partial charge in [0.25, 0.3) is 21.8 Å². The Hall–Kier alpha value is -3.27. The number of hydrogen-bond donors (Lipinski definition) is 0. The van der Waals surface area contributed by atoms with Crippen molar-refractivity contribution in [2.24, 2.45) is 0 Å². The molecule has 0 aromatic heterocycles. The lowest BCUT2D eigenvalue weighted by Crippen LogP contribution is -2.34. The number of fused-ring (bicyclic) bond motifs is 1. The molecule has 1 fully saturated rings. The molecule has 0 atom stereocenters. The molecule has 0 radical (unpaired) electrons. The molecule has 0 N–H and O–H groups in total. The van der Waals surface area contributed by atoms with Gasteiger partial charge in [0.15, 0.2) is 0 Å². The number of carbonyl (C=O) groups is 2. The van der Waals surface area contributed by atoms with E-state index < -0.39 is 21.8 Å². The molecule has 0 unspecified atom stereocenters. The number of carbonyl (C=O) groups excluding carboxylic acids is 2. The smallest absolute Gasteiger partial charge is 0.274 e. The minimum absolute atomic E-state index is 0.000806. The molecule has 0 bridgehead atoms. The number of thioether (sulfide) groups is 1. The van der Waals surface area contributed by atoms with Crippen LogP contribution in [0.1, 0.15) is 16.7 Å². The van der Waals surface area contributed by atoms with E-state index >= 15 is 0 Å². The molecule has 3 aromatic rings. The zero-order valence-electron chi connectivity index (χ0n) is 18.0. The zero-order valence-corrected chi connectivity index (χ0v) is 20.4. The number of aryl methyl sites for hydroxylation is 1. The lowest BCUT2D eigenvalue weighted by Gasteiger charge is -2.17. The van der Waals surface area contributed by atoms with Crippen LogP contribution in [0.2, 0.25) is 0 Å². The number of nitrogens with zero attached hydrogens (tertiary/aromatic N) is 2. The van der Waals surface area contributed by atoms with Gasteiger partial charge in [0, 0.05) is 5.56 Å². The summed E-state index contributed by atoms with van der Waals surface area (Å²) in [6.45, 7) is 2.12. The van der Waals surface area contributed by atoms with Crippen LogP contribution < -0.4 is 4.31 Å². The SMILES string of the molecule is Cc1ccc(S(=O)(=O)N2C(=O)C(=C3SC(=S)N(Cc4ccccc4)C3=O)c3ccccc32)cc1. The van der Waals surface area contributed by atoms with E-state index in [9.17, 15) is 18.0 Å². The van der Waals surface area contributed by atoms with E-state index in [0.29, 0.717) is 9.88 Å². The Morgan fingerprint density at radius 1 is 0.853 bits per heavy atom. The predicted molar refractivity (Wildman–Crippen MR) is 136 cm³/mol. The molecule has 0 spiro atoms. The first-order valence-corrected chi connectivity index (χ1v) is 13.0. The first kappa shape index (κ1) is 22.5. The van der Waals surface area contributed by atoms with Crippen LogP contribution in [0.25, 0.3) is 5.57 Å². The number of anilines is 1. The fourth-order valence-corrected chi connectivity index (χ4v) is 6.66. The van der Waals surface area contributed by atoms with E-state index in [0.717, 1.165) is 27.2 Å². The van der Waals surface area contributed by atoms with Crippen LogP contribution in [0.15, 0.2) is 88.7 Å². The van der Waals surface area contributed by atoms with Crippen molar-refractivity contribution in [1.29, 1.82) is 0 Å². The van der Waals surface area contributed by atoms with Gasteiger partial charge in [0.1, 0.15) is 4.32 Å². The van der Waals surface area contributed by atoms with Gasteiger partial charge in [-0.2, -0.15) is 4.31 Å². The number of hydrogen-bond acceptors (Lipinski definition) is 6. The highest BCUT2D eigenvalue weighted by Gasteiger charge is 2.46. The molecule has 9 heteroatoms. The maximum absolute atomic E-state index is 13.6. The van der Waals surface area contributed by atoms with Crippen molar-refractivity contribution in [2.45, 2.75) is 18.4 Å². The molecule has 2 aliphatic rings. The Balaban J connectivity index is 1.59. The first-order chi connectivity index (χ1) is 16.3. The van der Waals surface area contributed by atoms with Crippen LogP contribution in [0.5, 0.6) is 0 Å². The molecule has 2 heterocycles. The summed E-state index contributed by atoms with van der Waals surface area (Å²) >= 11 is 6.47. The third kappa shape index (κ3) is 3.66. The minimum Gasteiger partial charge on any atom is -0.288 e. The van der Waals surface area contributed by atoms with E-state index in [-0.39, 0.29) is 27.6 Å². The minimum atomic E-state index is -4.19. The van der Waals surface area contributed by atoms with Crippen LogP contribution in [-0.2, 0) is 26.2 Å². The standard InChI is InChI=1S/C25H18N2O4S3/c1-16-11-13-18(14-12-16)34(30,31)27-20-10-6-5-9-19(20)21(23(27)28)22-24(29)26(25(32)33-22)15-17-7-3-2-4-8-17/h2-14H,15H2,1H3. The molecule has 3 aromatic carbocycles. The summed E-state index contributed by atoms with van der Waals surface area (Å²) in [5.41, 5.74) is 2.46. The summed E-state index contributed by atoms with van der Waals surface area (Å²) in [5, 5.41) is 0. The number of rotatable bonds is 4. The molecule has 6 nitrogen and oxygen atoms in total. The van der Waals surface area contributed by atoms with Crippen LogP contribution in [-0.4, -0.2) is 29.5 Å². The van der Waals surface area contributed by atoms with Crippen LogP contribution >= 0.6 is 24.0 Å².